The monoisotopic (exact) mass is 316 g/mol. The van der Waals surface area contributed by atoms with Gasteiger partial charge in [0.25, 0.3) is 0 Å². The SMILES string of the molecule is CC(C)n1cc(S(=O)(=O)N(C)CC2CCCO2)cc1CO. The number of rotatable bonds is 6. The Morgan fingerprint density at radius 3 is 2.71 bits per heavy atom. The zero-order chi connectivity index (χ0) is 15.6. The molecule has 2 heterocycles. The Morgan fingerprint density at radius 2 is 2.24 bits per heavy atom. The van der Waals surface area contributed by atoms with Crippen molar-refractivity contribution in [3.63, 3.8) is 0 Å². The van der Waals surface area contributed by atoms with E-state index in [1.807, 2.05) is 13.8 Å². The summed E-state index contributed by atoms with van der Waals surface area (Å²) in [4.78, 5) is 0.223. The van der Waals surface area contributed by atoms with Gasteiger partial charge in [-0.05, 0) is 32.8 Å². The Hall–Kier alpha value is -0.890. The number of sulfonamides is 1. The quantitative estimate of drug-likeness (QED) is 0.860. The lowest BCUT2D eigenvalue weighted by Crippen LogP contribution is -2.33. The van der Waals surface area contributed by atoms with Gasteiger partial charge in [0.15, 0.2) is 0 Å². The summed E-state index contributed by atoms with van der Waals surface area (Å²) in [5.74, 6) is 0. The van der Waals surface area contributed by atoms with E-state index in [9.17, 15) is 13.5 Å². The fraction of sp³-hybridized carbons (Fsp3) is 0.714. The number of hydrogen-bond acceptors (Lipinski definition) is 4. The molecule has 1 N–H and O–H groups in total. The van der Waals surface area contributed by atoms with Crippen LogP contribution >= 0.6 is 0 Å². The van der Waals surface area contributed by atoms with E-state index in [2.05, 4.69) is 0 Å². The predicted octanol–water partition coefficient (Wildman–Crippen LogP) is 1.36. The highest BCUT2D eigenvalue weighted by Crippen LogP contribution is 2.23. The van der Waals surface area contributed by atoms with Crippen LogP contribution in [0.1, 0.15) is 38.4 Å². The van der Waals surface area contributed by atoms with Gasteiger partial charge in [-0.2, -0.15) is 4.31 Å². The van der Waals surface area contributed by atoms with Crippen molar-refractivity contribution in [1.82, 2.24) is 8.87 Å². The molecule has 1 aliphatic heterocycles. The molecule has 0 amide bonds. The number of aliphatic hydroxyl groups is 1. The normalized spacial score (nSPS) is 19.8. The minimum atomic E-state index is -3.55. The highest BCUT2D eigenvalue weighted by atomic mass is 32.2. The van der Waals surface area contributed by atoms with Crippen molar-refractivity contribution in [2.45, 2.75) is 50.3 Å². The van der Waals surface area contributed by atoms with E-state index >= 15 is 0 Å². The molecule has 0 radical (unpaired) electrons. The van der Waals surface area contributed by atoms with Crippen molar-refractivity contribution in [1.29, 1.82) is 0 Å². The third kappa shape index (κ3) is 3.48. The third-order valence-corrected chi connectivity index (χ3v) is 5.61. The minimum absolute atomic E-state index is 0.0192. The maximum Gasteiger partial charge on any atom is 0.244 e. The summed E-state index contributed by atoms with van der Waals surface area (Å²) in [5.41, 5.74) is 0.606. The molecule has 0 aliphatic carbocycles. The van der Waals surface area contributed by atoms with Crippen LogP contribution in [0.3, 0.4) is 0 Å². The zero-order valence-corrected chi connectivity index (χ0v) is 13.6. The standard InChI is InChI=1S/C14H24N2O4S/c1-11(2)16-9-14(7-12(16)10-17)21(18,19)15(3)8-13-5-4-6-20-13/h7,9,11,13,17H,4-6,8,10H2,1-3H3. The summed E-state index contributed by atoms with van der Waals surface area (Å²) in [6, 6.07) is 1.64. The lowest BCUT2D eigenvalue weighted by Gasteiger charge is -2.19. The molecule has 1 unspecified atom stereocenters. The number of ether oxygens (including phenoxy) is 1. The molecule has 1 atom stereocenters. The van der Waals surface area contributed by atoms with Gasteiger partial charge in [-0.1, -0.05) is 0 Å². The number of aromatic nitrogens is 1. The molecule has 1 aromatic heterocycles. The van der Waals surface area contributed by atoms with Crippen LogP contribution in [0.15, 0.2) is 17.2 Å². The highest BCUT2D eigenvalue weighted by Gasteiger charge is 2.27. The number of likely N-dealkylation sites (N-methyl/N-ethyl adjacent to an activating group) is 1. The average Bonchev–Trinajstić information content (AvgIpc) is 3.06. The first-order valence-corrected chi connectivity index (χ1v) is 8.69. The van der Waals surface area contributed by atoms with Crippen LogP contribution in [0.2, 0.25) is 0 Å². The molecular formula is C14H24N2O4S. The van der Waals surface area contributed by atoms with Gasteiger partial charge in [0.1, 0.15) is 4.90 Å². The van der Waals surface area contributed by atoms with Crippen LogP contribution < -0.4 is 0 Å². The number of nitrogens with zero attached hydrogens (tertiary/aromatic N) is 2. The summed E-state index contributed by atoms with van der Waals surface area (Å²) in [6.07, 6.45) is 3.46. The van der Waals surface area contributed by atoms with Crippen LogP contribution in [-0.4, -0.2) is 48.7 Å². The maximum atomic E-state index is 12.6. The topological polar surface area (TPSA) is 71.8 Å². The van der Waals surface area contributed by atoms with Gasteiger partial charge in [-0.25, -0.2) is 8.42 Å². The lowest BCUT2D eigenvalue weighted by molar-refractivity contribution is 0.0979. The predicted molar refractivity (Wildman–Crippen MR) is 79.5 cm³/mol. The molecule has 120 valence electrons. The summed E-state index contributed by atoms with van der Waals surface area (Å²) < 4.78 is 33.8. The van der Waals surface area contributed by atoms with Gasteiger partial charge in [-0.15, -0.1) is 0 Å². The van der Waals surface area contributed by atoms with Crippen molar-refractivity contribution in [2.24, 2.45) is 0 Å². The van der Waals surface area contributed by atoms with E-state index in [0.717, 1.165) is 12.8 Å². The third-order valence-electron chi connectivity index (χ3n) is 3.82. The summed E-state index contributed by atoms with van der Waals surface area (Å²) in [7, 11) is -1.98. The second-order valence-electron chi connectivity index (χ2n) is 5.75. The van der Waals surface area contributed by atoms with E-state index < -0.39 is 10.0 Å². The van der Waals surface area contributed by atoms with Crippen molar-refractivity contribution >= 4 is 10.0 Å². The van der Waals surface area contributed by atoms with Gasteiger partial charge in [0.05, 0.1) is 12.7 Å². The molecule has 0 spiro atoms. The average molecular weight is 316 g/mol. The second kappa shape index (κ2) is 6.48. The first-order chi connectivity index (χ1) is 9.86. The van der Waals surface area contributed by atoms with Gasteiger partial charge < -0.3 is 14.4 Å². The van der Waals surface area contributed by atoms with Gasteiger partial charge in [-0.3, -0.25) is 0 Å². The molecule has 1 fully saturated rings. The van der Waals surface area contributed by atoms with Crippen LogP contribution in [0.25, 0.3) is 0 Å². The maximum absolute atomic E-state index is 12.6. The second-order valence-corrected chi connectivity index (χ2v) is 7.79. The minimum Gasteiger partial charge on any atom is -0.390 e. The van der Waals surface area contributed by atoms with E-state index in [4.69, 9.17) is 4.74 Å². The molecule has 1 aliphatic rings. The van der Waals surface area contributed by atoms with Crippen LogP contribution in [0, 0.1) is 0 Å². The van der Waals surface area contributed by atoms with Crippen molar-refractivity contribution in [3.05, 3.63) is 18.0 Å². The Morgan fingerprint density at radius 1 is 1.52 bits per heavy atom. The summed E-state index contributed by atoms with van der Waals surface area (Å²) in [5, 5.41) is 9.37. The number of hydrogen-bond donors (Lipinski definition) is 1. The Balaban J connectivity index is 2.21. The lowest BCUT2D eigenvalue weighted by atomic mass is 10.2. The summed E-state index contributed by atoms with van der Waals surface area (Å²) in [6.45, 7) is 4.79. The molecule has 7 heteroatoms. The fourth-order valence-electron chi connectivity index (χ4n) is 2.60. The van der Waals surface area contributed by atoms with Crippen LogP contribution in [-0.2, 0) is 21.4 Å². The van der Waals surface area contributed by atoms with E-state index in [1.165, 1.54) is 4.31 Å². The van der Waals surface area contributed by atoms with E-state index in [0.29, 0.717) is 18.8 Å². The zero-order valence-electron chi connectivity index (χ0n) is 12.8. The molecule has 6 nitrogen and oxygen atoms in total. The molecule has 21 heavy (non-hydrogen) atoms. The molecule has 2 rings (SSSR count). The molecule has 1 aromatic rings. The molecule has 0 aromatic carbocycles. The fourth-order valence-corrected chi connectivity index (χ4v) is 3.85. The Labute approximate surface area is 126 Å². The molecular weight excluding hydrogens is 292 g/mol. The Bertz CT molecular complexity index is 574. The van der Waals surface area contributed by atoms with Crippen LogP contribution in [0.4, 0.5) is 0 Å². The highest BCUT2D eigenvalue weighted by molar-refractivity contribution is 7.89. The smallest absolute Gasteiger partial charge is 0.244 e. The van der Waals surface area contributed by atoms with Crippen LogP contribution in [0.5, 0.6) is 0 Å². The first-order valence-electron chi connectivity index (χ1n) is 7.25. The van der Waals surface area contributed by atoms with E-state index in [1.54, 1.807) is 23.9 Å². The largest absolute Gasteiger partial charge is 0.390 e. The van der Waals surface area contributed by atoms with Crippen molar-refractivity contribution in [3.8, 4) is 0 Å². The first kappa shape index (κ1) is 16.5. The van der Waals surface area contributed by atoms with Gasteiger partial charge >= 0.3 is 0 Å². The number of aliphatic hydroxyl groups excluding tert-OH is 1. The van der Waals surface area contributed by atoms with Gasteiger partial charge in [0.2, 0.25) is 10.0 Å². The molecule has 1 saturated heterocycles. The van der Waals surface area contributed by atoms with Gasteiger partial charge in [0, 0.05) is 38.1 Å². The van der Waals surface area contributed by atoms with Crippen molar-refractivity contribution < 1.29 is 18.3 Å². The Kier molecular flexibility index (Phi) is 5.08. The summed E-state index contributed by atoms with van der Waals surface area (Å²) >= 11 is 0. The molecule has 0 bridgehead atoms. The molecule has 0 saturated carbocycles. The van der Waals surface area contributed by atoms with E-state index in [-0.39, 0.29) is 23.6 Å². The van der Waals surface area contributed by atoms with Crippen molar-refractivity contribution in [2.75, 3.05) is 20.2 Å².